The van der Waals surface area contributed by atoms with Gasteiger partial charge < -0.3 is 0 Å². The Morgan fingerprint density at radius 3 is 1.74 bits per heavy atom. The zero-order valence-corrected chi connectivity index (χ0v) is 34.0. The van der Waals surface area contributed by atoms with Gasteiger partial charge >= 0.3 is 0 Å². The third-order valence-corrected chi connectivity index (χ3v) is 13.1. The highest BCUT2D eigenvalue weighted by atomic mass is 14.9. The monoisotopic (exact) mass is 776 g/mol. The summed E-state index contributed by atoms with van der Waals surface area (Å²) in [6.45, 7) is 4.65. The van der Waals surface area contributed by atoms with E-state index in [0.717, 1.165) is 39.5 Å². The van der Waals surface area contributed by atoms with E-state index in [1.807, 2.05) is 6.07 Å². The second-order valence-corrected chi connectivity index (χ2v) is 16.9. The fourth-order valence-electron chi connectivity index (χ4n) is 10.1. The Morgan fingerprint density at radius 2 is 0.918 bits per heavy atom. The highest BCUT2D eigenvalue weighted by Crippen LogP contribution is 2.52. The summed E-state index contributed by atoms with van der Waals surface area (Å²) in [5.41, 5.74) is 15.0. The van der Waals surface area contributed by atoms with Gasteiger partial charge in [0.1, 0.15) is 0 Å². The molecule has 0 atom stereocenters. The van der Waals surface area contributed by atoms with Crippen molar-refractivity contribution in [1.29, 1.82) is 0 Å². The number of fused-ring (bicyclic) bond motifs is 8. The van der Waals surface area contributed by atoms with Crippen LogP contribution in [0.15, 0.2) is 206 Å². The minimum atomic E-state index is -0.101. The van der Waals surface area contributed by atoms with E-state index in [1.54, 1.807) is 0 Å². The Bertz CT molecular complexity index is 3540. The lowest BCUT2D eigenvalue weighted by molar-refractivity contribution is 0.660. The maximum atomic E-state index is 5.27. The van der Waals surface area contributed by atoms with Gasteiger partial charge in [-0.2, -0.15) is 0 Å². The summed E-state index contributed by atoms with van der Waals surface area (Å²) in [7, 11) is 0. The molecule has 0 bridgehead atoms. The molecule has 1 heterocycles. The zero-order valence-electron chi connectivity index (χ0n) is 34.0. The van der Waals surface area contributed by atoms with E-state index in [9.17, 15) is 0 Å². The summed E-state index contributed by atoms with van der Waals surface area (Å²) >= 11 is 0. The van der Waals surface area contributed by atoms with E-state index in [-0.39, 0.29) is 5.41 Å². The largest absolute Gasteiger partial charge is 0.228 e. The van der Waals surface area contributed by atoms with Crippen molar-refractivity contribution in [3.8, 4) is 67.3 Å². The van der Waals surface area contributed by atoms with Crippen molar-refractivity contribution >= 4 is 43.1 Å². The van der Waals surface area contributed by atoms with Crippen molar-refractivity contribution in [2.24, 2.45) is 0 Å². The number of hydrogen-bond acceptors (Lipinski definition) is 2. The van der Waals surface area contributed by atoms with Crippen molar-refractivity contribution < 1.29 is 0 Å². The summed E-state index contributed by atoms with van der Waals surface area (Å²) in [5.74, 6) is 0.718. The van der Waals surface area contributed by atoms with Gasteiger partial charge in [-0.15, -0.1) is 0 Å². The molecular formula is C59H40N2. The molecule has 0 saturated heterocycles. The van der Waals surface area contributed by atoms with Gasteiger partial charge in [0.15, 0.2) is 5.82 Å². The maximum Gasteiger partial charge on any atom is 0.160 e. The third-order valence-electron chi connectivity index (χ3n) is 13.1. The molecule has 0 radical (unpaired) electrons. The topological polar surface area (TPSA) is 25.8 Å². The van der Waals surface area contributed by atoms with Crippen LogP contribution >= 0.6 is 0 Å². The lowest BCUT2D eigenvalue weighted by Gasteiger charge is -2.21. The van der Waals surface area contributed by atoms with Crippen molar-refractivity contribution in [2.45, 2.75) is 19.3 Å². The quantitative estimate of drug-likeness (QED) is 0.128. The molecule has 1 aromatic heterocycles. The molecule has 61 heavy (non-hydrogen) atoms. The lowest BCUT2D eigenvalue weighted by atomic mass is 9.82. The van der Waals surface area contributed by atoms with E-state index in [2.05, 4.69) is 214 Å². The van der Waals surface area contributed by atoms with Gasteiger partial charge in [-0.25, -0.2) is 9.97 Å². The van der Waals surface area contributed by atoms with Crippen LogP contribution in [0.5, 0.6) is 0 Å². The molecule has 1 aliphatic carbocycles. The van der Waals surface area contributed by atoms with Gasteiger partial charge in [0, 0.05) is 22.1 Å². The normalized spacial score (nSPS) is 12.9. The van der Waals surface area contributed by atoms with E-state index < -0.39 is 0 Å². The molecule has 2 heteroatoms. The first-order valence-corrected chi connectivity index (χ1v) is 21.2. The molecule has 0 amide bonds. The minimum Gasteiger partial charge on any atom is -0.228 e. The zero-order chi connectivity index (χ0) is 40.7. The number of hydrogen-bond donors (Lipinski definition) is 0. The number of nitrogens with zero attached hydrogens (tertiary/aromatic N) is 2. The standard InChI is InChI=1S/C59H40N2/c1-59(2)52-25-13-12-23-49(52)57-50(24-14-26-53(57)59)55-36-54(60-58(61-55)40-16-4-3-5-17-40)39-29-27-38(28-30-39)43-33-34-47(46-22-11-10-21-45(43)46)56-44-20-9-7-18-41(44)35-51-42-19-8-6-15-37(42)31-32-48(51)56/h3-36H,1-2H3. The summed E-state index contributed by atoms with van der Waals surface area (Å²) < 4.78 is 0. The molecule has 2 nitrogen and oxygen atoms in total. The number of aromatic nitrogens is 2. The molecule has 0 saturated carbocycles. The first kappa shape index (κ1) is 35.3. The van der Waals surface area contributed by atoms with Gasteiger partial charge in [-0.05, 0) is 99.7 Å². The van der Waals surface area contributed by atoms with E-state index >= 15 is 0 Å². The van der Waals surface area contributed by atoms with Crippen molar-refractivity contribution in [2.75, 3.05) is 0 Å². The summed E-state index contributed by atoms with van der Waals surface area (Å²) in [5, 5.41) is 10.1. The summed E-state index contributed by atoms with van der Waals surface area (Å²) in [6, 6.07) is 75.0. The molecule has 11 aromatic rings. The van der Waals surface area contributed by atoms with E-state index in [0.29, 0.717) is 0 Å². The fourth-order valence-corrected chi connectivity index (χ4v) is 10.1. The Morgan fingerprint density at radius 1 is 0.311 bits per heavy atom. The molecule has 10 aromatic carbocycles. The molecule has 0 N–H and O–H groups in total. The predicted octanol–water partition coefficient (Wildman–Crippen LogP) is 15.7. The molecule has 0 spiro atoms. The highest BCUT2D eigenvalue weighted by Gasteiger charge is 2.36. The van der Waals surface area contributed by atoms with Crippen LogP contribution in [-0.4, -0.2) is 9.97 Å². The molecule has 12 rings (SSSR count). The van der Waals surface area contributed by atoms with Crippen LogP contribution in [0.1, 0.15) is 25.0 Å². The van der Waals surface area contributed by atoms with Gasteiger partial charge in [-0.3, -0.25) is 0 Å². The molecule has 286 valence electrons. The summed E-state index contributed by atoms with van der Waals surface area (Å²) in [4.78, 5) is 10.5. The average Bonchev–Trinajstić information content (AvgIpc) is 3.56. The molecule has 0 fully saturated rings. The van der Waals surface area contributed by atoms with Gasteiger partial charge in [-0.1, -0.05) is 208 Å². The Labute approximate surface area is 355 Å². The second kappa shape index (κ2) is 13.7. The molecule has 0 unspecified atom stereocenters. The van der Waals surface area contributed by atoms with Crippen LogP contribution in [0.3, 0.4) is 0 Å². The Kier molecular flexibility index (Phi) is 7.92. The first-order chi connectivity index (χ1) is 30.0. The van der Waals surface area contributed by atoms with E-state index in [4.69, 9.17) is 9.97 Å². The lowest BCUT2D eigenvalue weighted by Crippen LogP contribution is -2.14. The predicted molar refractivity (Wildman–Crippen MR) is 257 cm³/mol. The third kappa shape index (κ3) is 5.56. The van der Waals surface area contributed by atoms with E-state index in [1.165, 1.54) is 82.0 Å². The Hall–Kier alpha value is -7.68. The van der Waals surface area contributed by atoms with Crippen LogP contribution in [0.2, 0.25) is 0 Å². The maximum absolute atomic E-state index is 5.27. The molecule has 1 aliphatic rings. The van der Waals surface area contributed by atoms with Crippen LogP contribution in [0.25, 0.3) is 110 Å². The SMILES string of the molecule is CC1(C)c2ccccc2-c2c(-c3cc(-c4ccc(-c5ccc(-c6c7ccccc7cc7c6ccc6ccccc67)c6ccccc56)cc4)nc(-c4ccccc4)n3)cccc21. The van der Waals surface area contributed by atoms with Crippen molar-refractivity contribution in [3.63, 3.8) is 0 Å². The average molecular weight is 777 g/mol. The summed E-state index contributed by atoms with van der Waals surface area (Å²) in [6.07, 6.45) is 0. The van der Waals surface area contributed by atoms with Crippen LogP contribution in [0.4, 0.5) is 0 Å². The Balaban J connectivity index is 0.994. The van der Waals surface area contributed by atoms with Crippen LogP contribution < -0.4 is 0 Å². The number of benzene rings is 10. The van der Waals surface area contributed by atoms with Crippen molar-refractivity contribution in [3.05, 3.63) is 217 Å². The van der Waals surface area contributed by atoms with Gasteiger partial charge in [0.25, 0.3) is 0 Å². The fraction of sp³-hybridized carbons (Fsp3) is 0.0508. The highest BCUT2D eigenvalue weighted by molar-refractivity contribution is 6.23. The van der Waals surface area contributed by atoms with Crippen molar-refractivity contribution in [1.82, 2.24) is 9.97 Å². The van der Waals surface area contributed by atoms with Crippen LogP contribution in [0, 0.1) is 0 Å². The first-order valence-electron chi connectivity index (χ1n) is 21.2. The van der Waals surface area contributed by atoms with Crippen LogP contribution in [-0.2, 0) is 5.41 Å². The second-order valence-electron chi connectivity index (χ2n) is 16.9. The number of rotatable bonds is 5. The molecule has 0 aliphatic heterocycles. The van der Waals surface area contributed by atoms with Gasteiger partial charge in [0.2, 0.25) is 0 Å². The molecular weight excluding hydrogens is 737 g/mol. The van der Waals surface area contributed by atoms with Gasteiger partial charge in [0.05, 0.1) is 11.4 Å². The minimum absolute atomic E-state index is 0.101. The smallest absolute Gasteiger partial charge is 0.160 e.